The second kappa shape index (κ2) is 5.28. The number of nitro groups is 1. The second-order valence-electron chi connectivity index (χ2n) is 4.58. The fraction of sp³-hybridized carbons (Fsp3) is 0.308. The van der Waals surface area contributed by atoms with E-state index in [-0.39, 0.29) is 6.54 Å². The summed E-state index contributed by atoms with van der Waals surface area (Å²) in [6.07, 6.45) is 1.18. The molecule has 1 amide bonds. The van der Waals surface area contributed by atoms with E-state index in [1.165, 1.54) is 11.0 Å². The third-order valence-electron chi connectivity index (χ3n) is 3.32. The van der Waals surface area contributed by atoms with Crippen LogP contribution in [0.15, 0.2) is 18.2 Å². The minimum Gasteiger partial charge on any atom is -0.465 e. The van der Waals surface area contributed by atoms with E-state index in [2.05, 4.69) is 0 Å². The number of nitrogens with zero attached hydrogens (tertiary/aromatic N) is 2. The molecule has 0 radical (unpaired) electrons. The molecule has 0 aliphatic carbocycles. The van der Waals surface area contributed by atoms with Gasteiger partial charge >= 0.3 is 11.8 Å². The molecule has 0 unspecified atom stereocenters. The van der Waals surface area contributed by atoms with Crippen molar-refractivity contribution in [1.82, 2.24) is 4.90 Å². The molecule has 0 bridgehead atoms. The lowest BCUT2D eigenvalue weighted by Crippen LogP contribution is -2.33. The molecule has 0 saturated carbocycles. The molecular formula is C13H13FN2O4. The van der Waals surface area contributed by atoms with Gasteiger partial charge < -0.3 is 10.0 Å². The van der Waals surface area contributed by atoms with Gasteiger partial charge in [-0.3, -0.25) is 10.1 Å². The number of benzene rings is 1. The number of hydrogen-bond acceptors (Lipinski definition) is 3. The third-order valence-corrected chi connectivity index (χ3v) is 3.32. The molecule has 1 aliphatic heterocycles. The van der Waals surface area contributed by atoms with Crippen LogP contribution in [0.25, 0.3) is 5.57 Å². The first kappa shape index (κ1) is 14.0. The van der Waals surface area contributed by atoms with E-state index >= 15 is 0 Å². The first-order chi connectivity index (χ1) is 9.40. The number of hydrogen-bond donors (Lipinski definition) is 1. The van der Waals surface area contributed by atoms with Crippen molar-refractivity contribution in [2.75, 3.05) is 13.1 Å². The van der Waals surface area contributed by atoms with Crippen molar-refractivity contribution < 1.29 is 19.2 Å². The molecular weight excluding hydrogens is 267 g/mol. The molecule has 0 spiro atoms. The Bertz CT molecular complexity index is 613. The van der Waals surface area contributed by atoms with Crippen LogP contribution in [-0.2, 0) is 0 Å². The highest BCUT2D eigenvalue weighted by molar-refractivity contribution is 5.73. The third kappa shape index (κ3) is 2.61. The molecule has 0 saturated heterocycles. The Morgan fingerprint density at radius 3 is 2.70 bits per heavy atom. The first-order valence-electron chi connectivity index (χ1n) is 6.02. The minimum absolute atomic E-state index is 0.239. The number of aryl methyl sites for hydroxylation is 1. The summed E-state index contributed by atoms with van der Waals surface area (Å²) in [6.45, 7) is 2.24. The molecule has 1 aromatic rings. The molecule has 7 heteroatoms. The van der Waals surface area contributed by atoms with Crippen molar-refractivity contribution in [3.8, 4) is 0 Å². The molecule has 0 atom stereocenters. The standard InChI is InChI=1S/C13H13FN2O4/c1-8-6-12(16(19)20)11(14)7-10(8)9-2-4-15(5-3-9)13(17)18/h2,6-7H,3-5H2,1H3,(H,17,18). The summed E-state index contributed by atoms with van der Waals surface area (Å²) in [4.78, 5) is 22.0. The Balaban J connectivity index is 2.33. The molecule has 6 nitrogen and oxygen atoms in total. The fourth-order valence-electron chi connectivity index (χ4n) is 2.24. The predicted molar refractivity (Wildman–Crippen MR) is 70.0 cm³/mol. The Hall–Kier alpha value is -2.44. The Morgan fingerprint density at radius 2 is 2.20 bits per heavy atom. The number of halogens is 1. The van der Waals surface area contributed by atoms with E-state index in [4.69, 9.17) is 5.11 Å². The molecule has 1 N–H and O–H groups in total. The number of carbonyl (C=O) groups is 1. The Labute approximate surface area is 114 Å². The van der Waals surface area contributed by atoms with Crippen LogP contribution in [0.1, 0.15) is 17.5 Å². The number of carboxylic acid groups (broad SMARTS) is 1. The zero-order chi connectivity index (χ0) is 14.9. The summed E-state index contributed by atoms with van der Waals surface area (Å²) in [6, 6.07) is 2.35. The van der Waals surface area contributed by atoms with Crippen LogP contribution in [-0.4, -0.2) is 34.1 Å². The van der Waals surface area contributed by atoms with Gasteiger partial charge in [0.2, 0.25) is 5.82 Å². The van der Waals surface area contributed by atoms with Crippen LogP contribution in [0.4, 0.5) is 14.9 Å². The normalized spacial score (nSPS) is 14.9. The van der Waals surface area contributed by atoms with Crippen LogP contribution in [0, 0.1) is 22.9 Å². The average molecular weight is 280 g/mol. The lowest BCUT2D eigenvalue weighted by Gasteiger charge is -2.24. The van der Waals surface area contributed by atoms with E-state index in [0.717, 1.165) is 11.6 Å². The molecule has 0 fully saturated rings. The molecule has 1 aromatic carbocycles. The molecule has 20 heavy (non-hydrogen) atoms. The van der Waals surface area contributed by atoms with E-state index in [9.17, 15) is 19.3 Å². The molecule has 2 rings (SSSR count). The van der Waals surface area contributed by atoms with Crippen molar-refractivity contribution >= 4 is 17.4 Å². The largest absolute Gasteiger partial charge is 0.465 e. The maximum absolute atomic E-state index is 13.7. The Morgan fingerprint density at radius 1 is 1.50 bits per heavy atom. The predicted octanol–water partition coefficient (Wildman–Crippen LogP) is 2.81. The van der Waals surface area contributed by atoms with Gasteiger partial charge in [0.25, 0.3) is 0 Å². The average Bonchev–Trinajstić information content (AvgIpc) is 2.40. The number of amides is 1. The van der Waals surface area contributed by atoms with Gasteiger partial charge in [0.05, 0.1) is 4.92 Å². The highest BCUT2D eigenvalue weighted by Gasteiger charge is 2.21. The van der Waals surface area contributed by atoms with E-state index in [1.807, 2.05) is 0 Å². The molecule has 1 heterocycles. The summed E-state index contributed by atoms with van der Waals surface area (Å²) in [5.74, 6) is -0.878. The lowest BCUT2D eigenvalue weighted by molar-refractivity contribution is -0.387. The topological polar surface area (TPSA) is 83.7 Å². The van der Waals surface area contributed by atoms with E-state index in [1.54, 1.807) is 13.0 Å². The quantitative estimate of drug-likeness (QED) is 0.667. The van der Waals surface area contributed by atoms with Crippen LogP contribution in [0.3, 0.4) is 0 Å². The summed E-state index contributed by atoms with van der Waals surface area (Å²) in [5, 5.41) is 19.5. The van der Waals surface area contributed by atoms with Crippen molar-refractivity contribution in [2.24, 2.45) is 0 Å². The maximum Gasteiger partial charge on any atom is 0.407 e. The lowest BCUT2D eigenvalue weighted by atomic mass is 9.95. The van der Waals surface area contributed by atoms with Crippen LogP contribution in [0.5, 0.6) is 0 Å². The highest BCUT2D eigenvalue weighted by atomic mass is 19.1. The summed E-state index contributed by atoms with van der Waals surface area (Å²) in [7, 11) is 0. The first-order valence-corrected chi connectivity index (χ1v) is 6.02. The smallest absolute Gasteiger partial charge is 0.407 e. The zero-order valence-electron chi connectivity index (χ0n) is 10.8. The van der Waals surface area contributed by atoms with Crippen molar-refractivity contribution in [3.05, 3.63) is 45.3 Å². The zero-order valence-corrected chi connectivity index (χ0v) is 10.8. The monoisotopic (exact) mass is 280 g/mol. The van der Waals surface area contributed by atoms with Gasteiger partial charge in [-0.15, -0.1) is 0 Å². The summed E-state index contributed by atoms with van der Waals surface area (Å²) >= 11 is 0. The van der Waals surface area contributed by atoms with Gasteiger partial charge in [-0.25, -0.2) is 4.79 Å². The van der Waals surface area contributed by atoms with E-state index in [0.29, 0.717) is 24.1 Å². The summed E-state index contributed by atoms with van der Waals surface area (Å²) in [5.41, 5.74) is 1.47. The van der Waals surface area contributed by atoms with Crippen molar-refractivity contribution in [1.29, 1.82) is 0 Å². The Kier molecular flexibility index (Phi) is 3.69. The second-order valence-corrected chi connectivity index (χ2v) is 4.58. The summed E-state index contributed by atoms with van der Waals surface area (Å²) < 4.78 is 13.7. The SMILES string of the molecule is Cc1cc([N+](=O)[O-])c(F)cc1C1=CCN(C(=O)O)CC1. The van der Waals surface area contributed by atoms with Gasteiger partial charge in [-0.2, -0.15) is 4.39 Å². The van der Waals surface area contributed by atoms with Crippen LogP contribution in [0.2, 0.25) is 0 Å². The minimum atomic E-state index is -0.994. The van der Waals surface area contributed by atoms with Crippen molar-refractivity contribution in [2.45, 2.75) is 13.3 Å². The molecule has 106 valence electrons. The maximum atomic E-state index is 13.7. The molecule has 1 aliphatic rings. The highest BCUT2D eigenvalue weighted by Crippen LogP contribution is 2.29. The van der Waals surface area contributed by atoms with Gasteiger partial charge in [0.15, 0.2) is 0 Å². The van der Waals surface area contributed by atoms with Gasteiger partial charge in [0.1, 0.15) is 0 Å². The fourth-order valence-corrected chi connectivity index (χ4v) is 2.24. The van der Waals surface area contributed by atoms with Gasteiger partial charge in [-0.1, -0.05) is 6.08 Å². The van der Waals surface area contributed by atoms with E-state index < -0.39 is 22.5 Å². The van der Waals surface area contributed by atoms with Gasteiger partial charge in [0, 0.05) is 19.2 Å². The molecule has 0 aromatic heterocycles. The number of nitro benzene ring substituents is 1. The van der Waals surface area contributed by atoms with Crippen molar-refractivity contribution in [3.63, 3.8) is 0 Å². The van der Waals surface area contributed by atoms with Crippen LogP contribution < -0.4 is 0 Å². The number of rotatable bonds is 2. The van der Waals surface area contributed by atoms with Crippen LogP contribution >= 0.6 is 0 Å². The van der Waals surface area contributed by atoms with Gasteiger partial charge in [-0.05, 0) is 36.1 Å².